The molecule has 5 nitrogen and oxygen atoms in total. The summed E-state index contributed by atoms with van der Waals surface area (Å²) in [7, 11) is 1.55. The van der Waals surface area contributed by atoms with Crippen molar-refractivity contribution < 1.29 is 18.7 Å². The van der Waals surface area contributed by atoms with E-state index in [1.807, 2.05) is 0 Å². The van der Waals surface area contributed by atoms with Crippen LogP contribution in [0.4, 0.5) is 5.69 Å². The number of benzene rings is 1. The lowest BCUT2D eigenvalue weighted by atomic mass is 10.3. The van der Waals surface area contributed by atoms with Crippen molar-refractivity contribution in [3.05, 3.63) is 48.4 Å². The molecule has 0 saturated heterocycles. The van der Waals surface area contributed by atoms with Crippen molar-refractivity contribution >= 4 is 53.2 Å². The zero-order valence-electron chi connectivity index (χ0n) is 11.4. The second-order valence-corrected chi connectivity index (χ2v) is 5.15. The van der Waals surface area contributed by atoms with Crippen LogP contribution in [-0.4, -0.2) is 23.8 Å². The van der Waals surface area contributed by atoms with E-state index in [1.165, 1.54) is 17.2 Å². The summed E-state index contributed by atoms with van der Waals surface area (Å²) in [5.74, 6) is -0.606. The van der Waals surface area contributed by atoms with Gasteiger partial charge in [0.05, 0.1) is 6.26 Å². The Balaban J connectivity index is 0.00000242. The zero-order valence-corrected chi connectivity index (χ0v) is 13.7. The van der Waals surface area contributed by atoms with Gasteiger partial charge >= 0.3 is 5.97 Å². The molecule has 2 aromatic rings. The lowest BCUT2D eigenvalue weighted by Gasteiger charge is -2.17. The lowest BCUT2D eigenvalue weighted by Crippen LogP contribution is -2.30. The number of hydrogen-bond acceptors (Lipinski definition) is 4. The molecule has 0 aliphatic rings. The Hall–Kier alpha value is -1.69. The maximum Gasteiger partial charge on any atom is 0.379 e. The van der Waals surface area contributed by atoms with Crippen molar-refractivity contribution in [3.63, 3.8) is 0 Å². The number of esters is 1. The Morgan fingerprint density at radius 2 is 1.82 bits per heavy atom. The fourth-order valence-electron chi connectivity index (χ4n) is 1.56. The van der Waals surface area contributed by atoms with E-state index in [9.17, 15) is 9.59 Å². The average Bonchev–Trinajstić information content (AvgIpc) is 3.00. The molecule has 22 heavy (non-hydrogen) atoms. The highest BCUT2D eigenvalue weighted by Gasteiger charge is 2.18. The predicted octanol–water partition coefficient (Wildman–Crippen LogP) is 3.69. The third-order valence-corrected chi connectivity index (χ3v) is 3.05. The van der Waals surface area contributed by atoms with E-state index in [4.69, 9.17) is 32.4 Å². The summed E-state index contributed by atoms with van der Waals surface area (Å²) in [6.45, 7) is 0. The minimum Gasteiger partial charge on any atom is -0.457 e. The first-order valence-electron chi connectivity index (χ1n) is 5.90. The van der Waals surface area contributed by atoms with Crippen molar-refractivity contribution in [2.45, 2.75) is 4.84 Å². The van der Waals surface area contributed by atoms with Crippen LogP contribution in [0.15, 0.2) is 47.1 Å². The third-order valence-electron chi connectivity index (χ3n) is 2.67. The summed E-state index contributed by atoms with van der Waals surface area (Å²) in [5, 5.41) is 0. The van der Waals surface area contributed by atoms with Crippen LogP contribution < -0.4 is 9.64 Å². The topological polar surface area (TPSA) is 59.8 Å². The number of halogens is 3. The quantitative estimate of drug-likeness (QED) is 0.472. The maximum absolute atomic E-state index is 11.7. The van der Waals surface area contributed by atoms with Crippen molar-refractivity contribution in [3.8, 4) is 5.75 Å². The van der Waals surface area contributed by atoms with Gasteiger partial charge in [-0.25, -0.2) is 4.79 Å². The molecule has 0 aliphatic heterocycles. The summed E-state index contributed by atoms with van der Waals surface area (Å²) in [5.41, 5.74) is 0.573. The van der Waals surface area contributed by atoms with Crippen LogP contribution in [0.25, 0.3) is 0 Å². The highest BCUT2D eigenvalue weighted by atomic mass is 35.5. The van der Waals surface area contributed by atoms with Gasteiger partial charge in [0.1, 0.15) is 5.75 Å². The van der Waals surface area contributed by atoms with Crippen LogP contribution in [-0.2, 0) is 4.79 Å². The van der Waals surface area contributed by atoms with Gasteiger partial charge in [0.25, 0.3) is 5.91 Å². The number of anilines is 1. The van der Waals surface area contributed by atoms with E-state index in [1.54, 1.807) is 37.4 Å². The van der Waals surface area contributed by atoms with Crippen molar-refractivity contribution in [2.24, 2.45) is 0 Å². The Kier molecular flexibility index (Phi) is 6.74. The molecule has 0 bridgehead atoms. The number of alkyl halides is 2. The fourth-order valence-corrected chi connectivity index (χ4v) is 1.86. The minimum absolute atomic E-state index is 0. The summed E-state index contributed by atoms with van der Waals surface area (Å²) in [6.07, 6.45) is 1.38. The van der Waals surface area contributed by atoms with Crippen molar-refractivity contribution in [1.82, 2.24) is 0 Å². The molecule has 1 heterocycles. The van der Waals surface area contributed by atoms with E-state index < -0.39 is 16.7 Å². The van der Waals surface area contributed by atoms with E-state index in [0.717, 1.165) is 0 Å². The first-order chi connectivity index (χ1) is 9.99. The van der Waals surface area contributed by atoms with Crippen molar-refractivity contribution in [1.29, 1.82) is 0 Å². The van der Waals surface area contributed by atoms with Crippen LogP contribution in [0.2, 0.25) is 0 Å². The molecule has 1 aromatic heterocycles. The summed E-state index contributed by atoms with van der Waals surface area (Å²) < 4.78 is 10.0. The van der Waals surface area contributed by atoms with Crippen molar-refractivity contribution in [2.75, 3.05) is 11.9 Å². The molecule has 0 saturated carbocycles. The van der Waals surface area contributed by atoms with Crippen LogP contribution in [0.5, 0.6) is 5.75 Å². The first kappa shape index (κ1) is 18.4. The SMILES string of the molecule is CN(C(=O)C(Cl)Cl)c1ccc(OC(=O)c2ccco2)cc1.Cl. The molecular weight excluding hydrogens is 353 g/mol. The molecule has 0 N–H and O–H groups in total. The second-order valence-electron chi connectivity index (χ2n) is 4.06. The van der Waals surface area contributed by atoms with E-state index in [-0.39, 0.29) is 18.2 Å². The first-order valence-corrected chi connectivity index (χ1v) is 6.78. The van der Waals surface area contributed by atoms with Crippen LogP contribution in [0, 0.1) is 0 Å². The van der Waals surface area contributed by atoms with Gasteiger partial charge in [-0.15, -0.1) is 12.4 Å². The molecule has 118 valence electrons. The highest BCUT2D eigenvalue weighted by molar-refractivity contribution is 6.54. The van der Waals surface area contributed by atoms with Crippen LogP contribution in [0.3, 0.4) is 0 Å². The Labute approximate surface area is 143 Å². The minimum atomic E-state index is -1.13. The Morgan fingerprint density at radius 1 is 1.18 bits per heavy atom. The maximum atomic E-state index is 11.7. The third kappa shape index (κ3) is 4.40. The molecule has 8 heteroatoms. The summed E-state index contributed by atoms with van der Waals surface area (Å²) in [4.78, 5) is 23.5. The second kappa shape index (κ2) is 8.08. The number of nitrogens with zero attached hydrogens (tertiary/aromatic N) is 1. The molecular formula is C14H12Cl3NO4. The van der Waals surface area contributed by atoms with Gasteiger partial charge in [-0.1, -0.05) is 23.2 Å². The van der Waals surface area contributed by atoms with E-state index in [0.29, 0.717) is 11.4 Å². The smallest absolute Gasteiger partial charge is 0.379 e. The standard InChI is InChI=1S/C14H11Cl2NO4.ClH/c1-17(13(18)12(15)16)9-4-6-10(7-5-9)21-14(19)11-3-2-8-20-11;/h2-8,12H,1H3;1H. The van der Waals surface area contributed by atoms with Gasteiger partial charge in [0.15, 0.2) is 4.84 Å². The fraction of sp³-hybridized carbons (Fsp3) is 0.143. The molecule has 1 amide bonds. The van der Waals surface area contributed by atoms with Gasteiger partial charge in [-0.05, 0) is 36.4 Å². The number of amides is 1. The van der Waals surface area contributed by atoms with Crippen LogP contribution >= 0.6 is 35.6 Å². The highest BCUT2D eigenvalue weighted by Crippen LogP contribution is 2.21. The van der Waals surface area contributed by atoms with Gasteiger partial charge in [0.2, 0.25) is 5.76 Å². The number of rotatable bonds is 4. The number of carbonyl (C=O) groups is 2. The molecule has 0 fully saturated rings. The number of furan rings is 1. The molecule has 0 atom stereocenters. The van der Waals surface area contributed by atoms with Gasteiger partial charge < -0.3 is 14.1 Å². The molecule has 0 unspecified atom stereocenters. The molecule has 0 aliphatic carbocycles. The van der Waals surface area contributed by atoms with Crippen LogP contribution in [0.1, 0.15) is 10.6 Å². The van der Waals surface area contributed by atoms with Gasteiger partial charge in [-0.3, -0.25) is 4.79 Å². The predicted molar refractivity (Wildman–Crippen MR) is 86.3 cm³/mol. The van der Waals surface area contributed by atoms with Gasteiger partial charge in [0, 0.05) is 12.7 Å². The Morgan fingerprint density at radius 3 is 2.32 bits per heavy atom. The molecule has 1 aromatic carbocycles. The summed E-state index contributed by atoms with van der Waals surface area (Å²) >= 11 is 11.0. The largest absolute Gasteiger partial charge is 0.457 e. The average molecular weight is 365 g/mol. The monoisotopic (exact) mass is 363 g/mol. The lowest BCUT2D eigenvalue weighted by molar-refractivity contribution is -0.116. The summed E-state index contributed by atoms with van der Waals surface area (Å²) in [6, 6.07) is 9.42. The molecule has 0 radical (unpaired) electrons. The molecule has 2 rings (SSSR count). The van der Waals surface area contributed by atoms with E-state index >= 15 is 0 Å². The van der Waals surface area contributed by atoms with Gasteiger partial charge in [-0.2, -0.15) is 0 Å². The normalized spacial score (nSPS) is 10.0. The number of carbonyl (C=O) groups excluding carboxylic acids is 2. The number of hydrogen-bond donors (Lipinski definition) is 0. The zero-order chi connectivity index (χ0) is 15.4. The molecule has 0 spiro atoms. The van der Waals surface area contributed by atoms with E-state index in [2.05, 4.69) is 0 Å². The Bertz CT molecular complexity index is 626. The number of ether oxygens (including phenoxy) is 1.